The fraction of sp³-hybridized carbons (Fsp3) is 0.250. The largest absolute Gasteiger partial charge is 0.354 e. The maximum absolute atomic E-state index is 14.3. The fourth-order valence-electron chi connectivity index (χ4n) is 3.71. The third-order valence-electron chi connectivity index (χ3n) is 5.08. The van der Waals surface area contributed by atoms with Gasteiger partial charge in [-0.2, -0.15) is 5.10 Å². The number of aryl methyl sites for hydroxylation is 1. The van der Waals surface area contributed by atoms with Gasteiger partial charge in [0.25, 0.3) is 5.91 Å². The van der Waals surface area contributed by atoms with Crippen molar-refractivity contribution in [3.63, 3.8) is 0 Å². The van der Waals surface area contributed by atoms with E-state index >= 15 is 0 Å². The number of hydrogen-bond acceptors (Lipinski definition) is 7. The highest BCUT2D eigenvalue weighted by molar-refractivity contribution is 6.13. The lowest BCUT2D eigenvalue weighted by Crippen LogP contribution is -2.44. The highest BCUT2D eigenvalue weighted by Gasteiger charge is 2.20. The lowest BCUT2D eigenvalue weighted by Gasteiger charge is -2.29. The molecule has 0 spiro atoms. The number of anilines is 2. The summed E-state index contributed by atoms with van der Waals surface area (Å²) in [6, 6.07) is 3.06. The van der Waals surface area contributed by atoms with Crippen LogP contribution in [-0.4, -0.2) is 56.7 Å². The van der Waals surface area contributed by atoms with Crippen molar-refractivity contribution in [3.05, 3.63) is 54.0 Å². The number of carbonyl (C=O) groups excluding carboxylic acids is 1. The third kappa shape index (κ3) is 3.20. The topological polar surface area (TPSA) is 100 Å². The molecule has 1 aliphatic rings. The van der Waals surface area contributed by atoms with Crippen LogP contribution in [-0.2, 0) is 0 Å². The van der Waals surface area contributed by atoms with Crippen LogP contribution in [0, 0.1) is 12.7 Å². The molecule has 9 nitrogen and oxygen atoms in total. The Morgan fingerprint density at radius 1 is 1.27 bits per heavy atom. The van der Waals surface area contributed by atoms with Crippen LogP contribution >= 0.6 is 0 Å². The average molecular weight is 406 g/mol. The Balaban J connectivity index is 1.51. The van der Waals surface area contributed by atoms with Crippen LogP contribution in [0.15, 0.2) is 36.9 Å². The van der Waals surface area contributed by atoms with Crippen LogP contribution in [0.3, 0.4) is 0 Å². The number of pyridine rings is 2. The Morgan fingerprint density at radius 3 is 2.93 bits per heavy atom. The summed E-state index contributed by atoms with van der Waals surface area (Å²) >= 11 is 0. The van der Waals surface area contributed by atoms with Gasteiger partial charge in [-0.15, -0.1) is 5.10 Å². The summed E-state index contributed by atoms with van der Waals surface area (Å²) in [6.07, 6.45) is 6.40. The molecule has 30 heavy (non-hydrogen) atoms. The van der Waals surface area contributed by atoms with Gasteiger partial charge in [-0.05, 0) is 13.0 Å². The molecule has 2 N–H and O–H groups in total. The van der Waals surface area contributed by atoms with Gasteiger partial charge in [0.2, 0.25) is 0 Å². The van der Waals surface area contributed by atoms with Gasteiger partial charge in [-0.1, -0.05) is 0 Å². The molecule has 0 aromatic carbocycles. The van der Waals surface area contributed by atoms with E-state index in [-0.39, 0.29) is 11.2 Å². The van der Waals surface area contributed by atoms with Gasteiger partial charge in [-0.25, -0.2) is 14.4 Å². The number of halogens is 1. The highest BCUT2D eigenvalue weighted by Crippen LogP contribution is 2.26. The van der Waals surface area contributed by atoms with Crippen LogP contribution < -0.4 is 15.5 Å². The van der Waals surface area contributed by atoms with Gasteiger partial charge in [-0.3, -0.25) is 4.79 Å². The number of imidazole rings is 1. The van der Waals surface area contributed by atoms with Crippen LogP contribution in [0.1, 0.15) is 16.1 Å². The molecule has 0 radical (unpaired) electrons. The second kappa shape index (κ2) is 7.30. The van der Waals surface area contributed by atoms with Crippen molar-refractivity contribution in [1.29, 1.82) is 0 Å². The molecule has 5 rings (SSSR count). The van der Waals surface area contributed by atoms with Gasteiger partial charge < -0.3 is 19.9 Å². The summed E-state index contributed by atoms with van der Waals surface area (Å²) in [6.45, 7) is 5.15. The molecule has 1 amide bonds. The number of carbonyl (C=O) groups is 1. The van der Waals surface area contributed by atoms with E-state index in [1.807, 2.05) is 6.07 Å². The first-order valence-electron chi connectivity index (χ1n) is 9.62. The Hall–Kier alpha value is -3.66. The first kappa shape index (κ1) is 18.4. The van der Waals surface area contributed by atoms with Gasteiger partial charge in [0.1, 0.15) is 11.3 Å². The Bertz CT molecular complexity index is 1260. The van der Waals surface area contributed by atoms with Gasteiger partial charge in [0.15, 0.2) is 11.5 Å². The van der Waals surface area contributed by atoms with Crippen molar-refractivity contribution in [2.75, 3.05) is 36.4 Å². The van der Waals surface area contributed by atoms with Crippen molar-refractivity contribution >= 4 is 34.0 Å². The molecular weight excluding hydrogens is 387 g/mol. The standard InChI is InChI=1S/C20H19FN8O/c1-12-10-29-11-13(8-16(21)19(29)25-12)26-20(30)15-9-23-18(28-6-4-22-5-7-28)14-2-3-24-27-17(14)15/h2-3,8-11,22H,4-7H2,1H3,(H,26,30). The summed E-state index contributed by atoms with van der Waals surface area (Å²) in [4.78, 5) is 23.8. The summed E-state index contributed by atoms with van der Waals surface area (Å²) in [5, 5.41) is 14.9. The highest BCUT2D eigenvalue weighted by atomic mass is 19.1. The summed E-state index contributed by atoms with van der Waals surface area (Å²) in [7, 11) is 0. The predicted octanol–water partition coefficient (Wildman–Crippen LogP) is 1.78. The van der Waals surface area contributed by atoms with E-state index in [1.165, 1.54) is 12.3 Å². The van der Waals surface area contributed by atoms with E-state index in [2.05, 4.69) is 35.7 Å². The molecule has 152 valence electrons. The zero-order chi connectivity index (χ0) is 20.7. The molecule has 0 saturated carbocycles. The number of fused-ring (bicyclic) bond motifs is 2. The number of nitrogens with zero attached hydrogens (tertiary/aromatic N) is 6. The molecule has 0 bridgehead atoms. The summed E-state index contributed by atoms with van der Waals surface area (Å²) < 4.78 is 15.9. The molecule has 0 atom stereocenters. The van der Waals surface area contributed by atoms with Crippen LogP contribution in [0.5, 0.6) is 0 Å². The Kier molecular flexibility index (Phi) is 4.47. The normalized spacial score (nSPS) is 14.4. The molecule has 10 heteroatoms. The van der Waals surface area contributed by atoms with Gasteiger partial charge in [0, 0.05) is 56.2 Å². The summed E-state index contributed by atoms with van der Waals surface area (Å²) in [5.41, 5.74) is 1.94. The van der Waals surface area contributed by atoms with Crippen molar-refractivity contribution in [3.8, 4) is 0 Å². The van der Waals surface area contributed by atoms with E-state index in [1.54, 1.807) is 29.9 Å². The zero-order valence-corrected chi connectivity index (χ0v) is 16.3. The minimum absolute atomic E-state index is 0.212. The first-order chi connectivity index (χ1) is 14.6. The van der Waals surface area contributed by atoms with Crippen LogP contribution in [0.4, 0.5) is 15.9 Å². The van der Waals surface area contributed by atoms with Gasteiger partial charge >= 0.3 is 0 Å². The molecule has 4 aromatic rings. The molecule has 1 fully saturated rings. The first-order valence-corrected chi connectivity index (χ1v) is 9.62. The van der Waals surface area contributed by atoms with Crippen molar-refractivity contribution in [2.24, 2.45) is 0 Å². The Morgan fingerprint density at radius 2 is 2.10 bits per heavy atom. The van der Waals surface area contributed by atoms with Crippen LogP contribution in [0.2, 0.25) is 0 Å². The number of hydrogen-bond donors (Lipinski definition) is 2. The van der Waals surface area contributed by atoms with Crippen LogP contribution in [0.25, 0.3) is 16.6 Å². The van der Waals surface area contributed by atoms with Crippen molar-refractivity contribution < 1.29 is 9.18 Å². The number of aromatic nitrogens is 5. The van der Waals surface area contributed by atoms with E-state index in [9.17, 15) is 9.18 Å². The maximum atomic E-state index is 14.3. The number of rotatable bonds is 3. The van der Waals surface area contributed by atoms with E-state index in [0.29, 0.717) is 16.9 Å². The lowest BCUT2D eigenvalue weighted by atomic mass is 10.1. The Labute approximate surface area is 171 Å². The maximum Gasteiger partial charge on any atom is 0.259 e. The third-order valence-corrected chi connectivity index (χ3v) is 5.08. The van der Waals surface area contributed by atoms with Crippen molar-refractivity contribution in [2.45, 2.75) is 6.92 Å². The monoisotopic (exact) mass is 406 g/mol. The zero-order valence-electron chi connectivity index (χ0n) is 16.3. The molecule has 5 heterocycles. The number of piperazine rings is 1. The second-order valence-corrected chi connectivity index (χ2v) is 7.17. The molecule has 1 aliphatic heterocycles. The SMILES string of the molecule is Cc1cn2cc(NC(=O)c3cnc(N4CCNCC4)c4ccnnc34)cc(F)c2n1. The van der Waals surface area contributed by atoms with Gasteiger partial charge in [0.05, 0.1) is 23.1 Å². The molecule has 0 aliphatic carbocycles. The van der Waals surface area contributed by atoms with E-state index < -0.39 is 11.7 Å². The lowest BCUT2D eigenvalue weighted by molar-refractivity contribution is 0.102. The second-order valence-electron chi connectivity index (χ2n) is 7.17. The fourth-order valence-corrected chi connectivity index (χ4v) is 3.71. The predicted molar refractivity (Wildman–Crippen MR) is 110 cm³/mol. The minimum atomic E-state index is -0.516. The number of nitrogens with one attached hydrogen (secondary N) is 2. The summed E-state index contributed by atoms with van der Waals surface area (Å²) in [5.74, 6) is -0.174. The van der Waals surface area contributed by atoms with E-state index in [4.69, 9.17) is 0 Å². The smallest absolute Gasteiger partial charge is 0.259 e. The molecule has 4 aromatic heterocycles. The number of amides is 1. The molecular formula is C20H19FN8O. The van der Waals surface area contributed by atoms with Crippen molar-refractivity contribution in [1.82, 2.24) is 29.9 Å². The van der Waals surface area contributed by atoms with E-state index in [0.717, 1.165) is 37.4 Å². The minimum Gasteiger partial charge on any atom is -0.354 e. The molecule has 1 saturated heterocycles. The quantitative estimate of drug-likeness (QED) is 0.535. The average Bonchev–Trinajstić information content (AvgIpc) is 3.14. The molecule has 0 unspecified atom stereocenters.